The van der Waals surface area contributed by atoms with Crippen LogP contribution >= 0.6 is 27.5 Å². The third-order valence-corrected chi connectivity index (χ3v) is 3.32. The molecular formula is C13H11BrClN3O. The van der Waals surface area contributed by atoms with Crippen LogP contribution in [-0.2, 0) is 0 Å². The standard InChI is InChI=1S/C13H11BrClN3O/c14-7-1-3-9(4-2-7)18-12-10(13(17)19)5-8(16)6-11(12)15/h1-6,18H,16H2,(H2,17,19). The third kappa shape index (κ3) is 3.19. The van der Waals surface area contributed by atoms with Crippen LogP contribution in [0.1, 0.15) is 10.4 Å². The van der Waals surface area contributed by atoms with Crippen molar-refractivity contribution in [1.29, 1.82) is 0 Å². The van der Waals surface area contributed by atoms with Gasteiger partial charge >= 0.3 is 0 Å². The molecule has 1 amide bonds. The highest BCUT2D eigenvalue weighted by molar-refractivity contribution is 9.10. The number of carbonyl (C=O) groups is 1. The second-order valence-electron chi connectivity index (χ2n) is 3.92. The molecule has 2 aromatic rings. The molecule has 0 radical (unpaired) electrons. The molecule has 0 saturated heterocycles. The maximum absolute atomic E-state index is 11.4. The van der Waals surface area contributed by atoms with Crippen LogP contribution in [0.4, 0.5) is 17.1 Å². The minimum absolute atomic E-state index is 0.257. The molecule has 0 aliphatic heterocycles. The van der Waals surface area contributed by atoms with Crippen LogP contribution in [0.3, 0.4) is 0 Å². The summed E-state index contributed by atoms with van der Waals surface area (Å²) in [6.07, 6.45) is 0. The lowest BCUT2D eigenvalue weighted by Crippen LogP contribution is -2.14. The van der Waals surface area contributed by atoms with Crippen LogP contribution in [0.15, 0.2) is 40.9 Å². The van der Waals surface area contributed by atoms with Gasteiger partial charge in [0.15, 0.2) is 0 Å². The predicted octanol–water partition coefficient (Wildman–Crippen LogP) is 3.53. The maximum atomic E-state index is 11.4. The van der Waals surface area contributed by atoms with Gasteiger partial charge < -0.3 is 16.8 Å². The molecule has 0 aliphatic rings. The normalized spacial score (nSPS) is 10.2. The van der Waals surface area contributed by atoms with Gasteiger partial charge in [0, 0.05) is 15.8 Å². The molecule has 4 nitrogen and oxygen atoms in total. The SMILES string of the molecule is NC(=O)c1cc(N)cc(Cl)c1Nc1ccc(Br)cc1. The average Bonchev–Trinajstić information content (AvgIpc) is 2.34. The Labute approximate surface area is 123 Å². The number of amides is 1. The summed E-state index contributed by atoms with van der Waals surface area (Å²) in [6, 6.07) is 10.5. The van der Waals surface area contributed by atoms with Crippen molar-refractivity contribution in [3.05, 3.63) is 51.5 Å². The summed E-state index contributed by atoms with van der Waals surface area (Å²) < 4.78 is 0.955. The molecule has 0 fully saturated rings. The highest BCUT2D eigenvalue weighted by Gasteiger charge is 2.13. The Morgan fingerprint density at radius 1 is 1.21 bits per heavy atom. The Morgan fingerprint density at radius 2 is 1.84 bits per heavy atom. The van der Waals surface area contributed by atoms with Crippen molar-refractivity contribution in [2.45, 2.75) is 0 Å². The van der Waals surface area contributed by atoms with Crippen molar-refractivity contribution in [2.75, 3.05) is 11.1 Å². The van der Waals surface area contributed by atoms with Crippen LogP contribution in [-0.4, -0.2) is 5.91 Å². The van der Waals surface area contributed by atoms with E-state index in [0.717, 1.165) is 10.2 Å². The van der Waals surface area contributed by atoms with E-state index in [1.54, 1.807) is 6.07 Å². The Hall–Kier alpha value is -1.72. The Balaban J connectivity index is 2.44. The van der Waals surface area contributed by atoms with Gasteiger partial charge in [-0.25, -0.2) is 0 Å². The molecule has 0 bridgehead atoms. The van der Waals surface area contributed by atoms with Gasteiger partial charge in [0.1, 0.15) is 0 Å². The molecule has 98 valence electrons. The average molecular weight is 341 g/mol. The van der Waals surface area contributed by atoms with Crippen LogP contribution in [0, 0.1) is 0 Å². The molecule has 19 heavy (non-hydrogen) atoms. The van der Waals surface area contributed by atoms with Gasteiger partial charge in [-0.15, -0.1) is 0 Å². The molecule has 0 atom stereocenters. The zero-order chi connectivity index (χ0) is 14.0. The highest BCUT2D eigenvalue weighted by atomic mass is 79.9. The van der Waals surface area contributed by atoms with E-state index < -0.39 is 5.91 Å². The summed E-state index contributed by atoms with van der Waals surface area (Å²) >= 11 is 9.45. The fourth-order valence-electron chi connectivity index (χ4n) is 1.63. The van der Waals surface area contributed by atoms with Gasteiger partial charge in [-0.2, -0.15) is 0 Å². The molecule has 0 aromatic heterocycles. The lowest BCUT2D eigenvalue weighted by atomic mass is 10.1. The summed E-state index contributed by atoms with van der Waals surface area (Å²) in [5.74, 6) is -0.589. The van der Waals surface area contributed by atoms with E-state index in [9.17, 15) is 4.79 Å². The predicted molar refractivity (Wildman–Crippen MR) is 81.8 cm³/mol. The molecule has 0 saturated carbocycles. The molecule has 0 heterocycles. The van der Waals surface area contributed by atoms with Gasteiger partial charge in [0.25, 0.3) is 5.91 Å². The zero-order valence-electron chi connectivity index (χ0n) is 9.78. The second-order valence-corrected chi connectivity index (χ2v) is 5.24. The first kappa shape index (κ1) is 13.7. The summed E-state index contributed by atoms with van der Waals surface area (Å²) in [6.45, 7) is 0. The fraction of sp³-hybridized carbons (Fsp3) is 0. The number of hydrogen-bond donors (Lipinski definition) is 3. The number of hydrogen-bond acceptors (Lipinski definition) is 3. The van der Waals surface area contributed by atoms with Gasteiger partial charge in [-0.05, 0) is 36.4 Å². The summed E-state index contributed by atoms with van der Waals surface area (Å²) in [5, 5.41) is 3.41. The molecule has 2 rings (SSSR count). The quantitative estimate of drug-likeness (QED) is 0.748. The van der Waals surface area contributed by atoms with Crippen molar-refractivity contribution >= 4 is 50.5 Å². The number of primary amides is 1. The van der Waals surface area contributed by atoms with E-state index in [2.05, 4.69) is 21.2 Å². The van der Waals surface area contributed by atoms with Gasteiger partial charge in [0.2, 0.25) is 0 Å². The third-order valence-electron chi connectivity index (χ3n) is 2.49. The van der Waals surface area contributed by atoms with E-state index in [1.165, 1.54) is 6.07 Å². The van der Waals surface area contributed by atoms with Crippen molar-refractivity contribution in [3.8, 4) is 0 Å². The number of benzene rings is 2. The van der Waals surface area contributed by atoms with Crippen molar-refractivity contribution < 1.29 is 4.79 Å². The summed E-state index contributed by atoms with van der Waals surface area (Å²) in [7, 11) is 0. The van der Waals surface area contributed by atoms with Gasteiger partial charge in [-0.3, -0.25) is 4.79 Å². The molecule has 6 heteroatoms. The van der Waals surface area contributed by atoms with Crippen LogP contribution in [0.2, 0.25) is 5.02 Å². The minimum Gasteiger partial charge on any atom is -0.399 e. The van der Waals surface area contributed by atoms with Gasteiger partial charge in [0.05, 0.1) is 16.3 Å². The number of nitrogens with two attached hydrogens (primary N) is 2. The summed E-state index contributed by atoms with van der Waals surface area (Å²) in [5.41, 5.74) is 12.9. The maximum Gasteiger partial charge on any atom is 0.250 e. The number of nitrogen functional groups attached to an aromatic ring is 1. The molecule has 2 aromatic carbocycles. The minimum atomic E-state index is -0.589. The number of nitrogens with one attached hydrogen (secondary N) is 1. The number of carbonyl (C=O) groups excluding carboxylic acids is 1. The van der Waals surface area contributed by atoms with Gasteiger partial charge in [-0.1, -0.05) is 27.5 Å². The highest BCUT2D eigenvalue weighted by Crippen LogP contribution is 2.31. The monoisotopic (exact) mass is 339 g/mol. The first-order valence-corrected chi connectivity index (χ1v) is 6.56. The van der Waals surface area contributed by atoms with E-state index in [0.29, 0.717) is 16.4 Å². The van der Waals surface area contributed by atoms with Crippen molar-refractivity contribution in [1.82, 2.24) is 0 Å². The van der Waals surface area contributed by atoms with E-state index >= 15 is 0 Å². The number of rotatable bonds is 3. The first-order valence-electron chi connectivity index (χ1n) is 5.39. The Morgan fingerprint density at radius 3 is 2.42 bits per heavy atom. The molecule has 0 aliphatic carbocycles. The number of anilines is 3. The Bertz CT molecular complexity index is 629. The van der Waals surface area contributed by atoms with Crippen molar-refractivity contribution in [3.63, 3.8) is 0 Å². The second kappa shape index (κ2) is 5.50. The Kier molecular flexibility index (Phi) is 3.97. The molecule has 5 N–H and O–H groups in total. The lowest BCUT2D eigenvalue weighted by molar-refractivity contribution is 0.100. The fourth-order valence-corrected chi connectivity index (χ4v) is 2.17. The van der Waals surface area contributed by atoms with E-state index in [1.807, 2.05) is 24.3 Å². The summed E-state index contributed by atoms with van der Waals surface area (Å²) in [4.78, 5) is 11.4. The molecular weight excluding hydrogens is 330 g/mol. The smallest absolute Gasteiger partial charge is 0.250 e. The largest absolute Gasteiger partial charge is 0.399 e. The van der Waals surface area contributed by atoms with Crippen molar-refractivity contribution in [2.24, 2.45) is 5.73 Å². The van der Waals surface area contributed by atoms with Crippen LogP contribution in [0.5, 0.6) is 0 Å². The molecule has 0 spiro atoms. The molecule has 0 unspecified atom stereocenters. The van der Waals surface area contributed by atoms with E-state index in [-0.39, 0.29) is 5.56 Å². The van der Waals surface area contributed by atoms with Crippen LogP contribution < -0.4 is 16.8 Å². The van der Waals surface area contributed by atoms with Crippen LogP contribution in [0.25, 0.3) is 0 Å². The lowest BCUT2D eigenvalue weighted by Gasteiger charge is -2.13. The number of halogens is 2. The van der Waals surface area contributed by atoms with E-state index in [4.69, 9.17) is 23.1 Å². The topological polar surface area (TPSA) is 81.1 Å². The zero-order valence-corrected chi connectivity index (χ0v) is 12.1. The first-order chi connectivity index (χ1) is 8.97.